The smallest absolute Gasteiger partial charge is 0.0979 e. The zero-order valence-electron chi connectivity index (χ0n) is 11.1. The highest BCUT2D eigenvalue weighted by molar-refractivity contribution is 9.10. The molecule has 19 heavy (non-hydrogen) atoms. The van der Waals surface area contributed by atoms with Gasteiger partial charge in [-0.25, -0.2) is 0 Å². The molecule has 0 amide bonds. The van der Waals surface area contributed by atoms with Gasteiger partial charge in [0, 0.05) is 4.47 Å². The molecule has 1 N–H and O–H groups in total. The summed E-state index contributed by atoms with van der Waals surface area (Å²) in [4.78, 5) is 0. The maximum Gasteiger partial charge on any atom is 0.0979 e. The number of nitriles is 1. The minimum Gasteiger partial charge on any atom is -0.387 e. The zero-order chi connectivity index (χ0) is 13.6. The summed E-state index contributed by atoms with van der Waals surface area (Å²) in [6, 6.07) is 8.39. The van der Waals surface area contributed by atoms with Crippen molar-refractivity contribution >= 4 is 15.9 Å². The first-order valence-corrected chi connectivity index (χ1v) is 7.71. The van der Waals surface area contributed by atoms with Crippen LogP contribution in [0.1, 0.15) is 42.9 Å². The first-order chi connectivity index (χ1) is 9.06. The topological polar surface area (TPSA) is 44.0 Å². The summed E-state index contributed by atoms with van der Waals surface area (Å²) in [5.74, 6) is 1.02. The Morgan fingerprint density at radius 2 is 2.26 bits per heavy atom. The number of hydrogen-bond acceptors (Lipinski definition) is 2. The Morgan fingerprint density at radius 3 is 2.79 bits per heavy atom. The van der Waals surface area contributed by atoms with E-state index < -0.39 is 11.5 Å². The highest BCUT2D eigenvalue weighted by Gasteiger charge is 2.55. The van der Waals surface area contributed by atoms with Gasteiger partial charge < -0.3 is 5.11 Å². The minimum absolute atomic E-state index is 0.373. The number of fused-ring (bicyclic) bond motifs is 2. The molecule has 2 aliphatic rings. The Morgan fingerprint density at radius 1 is 1.47 bits per heavy atom. The molecular formula is C16H18BrNO. The second-order valence-electron chi connectivity index (χ2n) is 6.14. The van der Waals surface area contributed by atoms with Gasteiger partial charge in [-0.15, -0.1) is 0 Å². The van der Waals surface area contributed by atoms with E-state index in [0.29, 0.717) is 11.8 Å². The summed E-state index contributed by atoms with van der Waals surface area (Å²) in [5.41, 5.74) is 1.46. The second kappa shape index (κ2) is 4.61. The summed E-state index contributed by atoms with van der Waals surface area (Å²) in [5, 5.41) is 20.4. The molecule has 0 spiro atoms. The molecule has 3 rings (SSSR count). The minimum atomic E-state index is -0.662. The molecular weight excluding hydrogens is 302 g/mol. The molecule has 100 valence electrons. The van der Waals surface area contributed by atoms with E-state index in [1.807, 2.05) is 25.1 Å². The van der Waals surface area contributed by atoms with Crippen LogP contribution in [0.3, 0.4) is 0 Å². The molecule has 2 fully saturated rings. The van der Waals surface area contributed by atoms with E-state index in [9.17, 15) is 10.4 Å². The van der Waals surface area contributed by atoms with Crippen molar-refractivity contribution in [1.29, 1.82) is 5.26 Å². The fraction of sp³-hybridized carbons (Fsp3) is 0.562. The van der Waals surface area contributed by atoms with Gasteiger partial charge in [-0.1, -0.05) is 34.5 Å². The van der Waals surface area contributed by atoms with Crippen molar-refractivity contribution in [3.05, 3.63) is 33.8 Å². The van der Waals surface area contributed by atoms with Crippen molar-refractivity contribution in [2.45, 2.75) is 38.7 Å². The molecule has 2 nitrogen and oxygen atoms in total. The first kappa shape index (κ1) is 13.1. The zero-order valence-corrected chi connectivity index (χ0v) is 12.7. The molecule has 2 aliphatic carbocycles. The first-order valence-electron chi connectivity index (χ1n) is 6.92. The third-order valence-corrected chi connectivity index (χ3v) is 5.96. The van der Waals surface area contributed by atoms with Gasteiger partial charge in [-0.2, -0.15) is 5.26 Å². The van der Waals surface area contributed by atoms with Crippen molar-refractivity contribution in [3.8, 4) is 6.07 Å². The van der Waals surface area contributed by atoms with Crippen LogP contribution in [0.25, 0.3) is 0 Å². The number of halogens is 1. The third-order valence-electron chi connectivity index (χ3n) is 5.10. The van der Waals surface area contributed by atoms with Crippen LogP contribution >= 0.6 is 15.9 Å². The van der Waals surface area contributed by atoms with E-state index in [4.69, 9.17) is 0 Å². The van der Waals surface area contributed by atoms with E-state index >= 15 is 0 Å². The van der Waals surface area contributed by atoms with Crippen LogP contribution in [0.2, 0.25) is 0 Å². The number of benzene rings is 1. The van der Waals surface area contributed by atoms with E-state index in [1.54, 1.807) is 0 Å². The van der Waals surface area contributed by atoms with Gasteiger partial charge in [0.2, 0.25) is 0 Å². The molecule has 0 radical (unpaired) electrons. The lowest BCUT2D eigenvalue weighted by Crippen LogP contribution is -2.33. The average molecular weight is 320 g/mol. The lowest BCUT2D eigenvalue weighted by Gasteiger charge is -2.35. The lowest BCUT2D eigenvalue weighted by molar-refractivity contribution is 0.0233. The summed E-state index contributed by atoms with van der Waals surface area (Å²) >= 11 is 3.51. The van der Waals surface area contributed by atoms with Gasteiger partial charge in [-0.05, 0) is 55.2 Å². The van der Waals surface area contributed by atoms with Crippen LogP contribution in [0, 0.1) is 35.5 Å². The molecule has 0 aromatic heterocycles. The average Bonchev–Trinajstić information content (AvgIpc) is 3.02. The van der Waals surface area contributed by atoms with Crippen LogP contribution in [-0.4, -0.2) is 5.11 Å². The van der Waals surface area contributed by atoms with Crippen molar-refractivity contribution in [2.24, 2.45) is 17.3 Å². The van der Waals surface area contributed by atoms with Gasteiger partial charge in [-0.3, -0.25) is 0 Å². The maximum absolute atomic E-state index is 10.8. The number of aliphatic hydroxyl groups excluding tert-OH is 1. The standard InChI is InChI=1S/C16H18BrNO/c1-10-2-4-12(7-14(10)17)15(19)16(9-18)8-11-3-5-13(16)6-11/h2,4,7,11,13,15,19H,3,5-6,8H2,1H3. The predicted molar refractivity (Wildman–Crippen MR) is 77.3 cm³/mol. The molecule has 0 saturated heterocycles. The van der Waals surface area contributed by atoms with Crippen LogP contribution < -0.4 is 0 Å². The number of aryl methyl sites for hydroxylation is 1. The van der Waals surface area contributed by atoms with Gasteiger partial charge in [0.1, 0.15) is 0 Å². The highest BCUT2D eigenvalue weighted by Crippen LogP contribution is 2.60. The monoisotopic (exact) mass is 319 g/mol. The van der Waals surface area contributed by atoms with Gasteiger partial charge in [0.05, 0.1) is 17.6 Å². The van der Waals surface area contributed by atoms with Crippen LogP contribution in [0.15, 0.2) is 22.7 Å². The predicted octanol–water partition coefficient (Wildman–Crippen LogP) is 4.12. The molecule has 0 heterocycles. The summed E-state index contributed by atoms with van der Waals surface area (Å²) < 4.78 is 1.00. The Kier molecular flexibility index (Phi) is 3.19. The summed E-state index contributed by atoms with van der Waals surface area (Å²) in [6.07, 6.45) is 3.66. The van der Waals surface area contributed by atoms with Gasteiger partial charge in [0.25, 0.3) is 0 Å². The fourth-order valence-electron chi connectivity index (χ4n) is 3.98. The maximum atomic E-state index is 10.8. The normalized spacial score (nSPS) is 34.2. The quantitative estimate of drug-likeness (QED) is 0.891. The van der Waals surface area contributed by atoms with E-state index in [0.717, 1.165) is 34.9 Å². The Bertz CT molecular complexity index is 550. The van der Waals surface area contributed by atoms with Crippen LogP contribution in [0.5, 0.6) is 0 Å². The van der Waals surface area contributed by atoms with Crippen LogP contribution in [0.4, 0.5) is 0 Å². The Labute approximate surface area is 122 Å². The van der Waals surface area contributed by atoms with Gasteiger partial charge >= 0.3 is 0 Å². The highest BCUT2D eigenvalue weighted by atomic mass is 79.9. The molecule has 1 aromatic rings. The van der Waals surface area contributed by atoms with E-state index in [-0.39, 0.29) is 0 Å². The van der Waals surface area contributed by atoms with Crippen molar-refractivity contribution < 1.29 is 5.11 Å². The SMILES string of the molecule is Cc1ccc(C(O)C2(C#N)CC3CCC2C3)cc1Br. The van der Waals surface area contributed by atoms with Crippen molar-refractivity contribution in [1.82, 2.24) is 0 Å². The second-order valence-corrected chi connectivity index (χ2v) is 7.00. The Balaban J connectivity index is 1.96. The van der Waals surface area contributed by atoms with E-state index in [1.165, 1.54) is 6.42 Å². The number of nitrogens with zero attached hydrogens (tertiary/aromatic N) is 1. The van der Waals surface area contributed by atoms with Crippen molar-refractivity contribution in [3.63, 3.8) is 0 Å². The fourth-order valence-corrected chi connectivity index (χ4v) is 4.38. The molecule has 2 bridgehead atoms. The van der Waals surface area contributed by atoms with Crippen molar-refractivity contribution in [2.75, 3.05) is 0 Å². The molecule has 3 heteroatoms. The molecule has 1 aromatic carbocycles. The Hall–Kier alpha value is -0.850. The molecule has 2 saturated carbocycles. The van der Waals surface area contributed by atoms with Gasteiger partial charge in [0.15, 0.2) is 0 Å². The number of aliphatic hydroxyl groups is 1. The van der Waals surface area contributed by atoms with E-state index in [2.05, 4.69) is 22.0 Å². The summed E-state index contributed by atoms with van der Waals surface area (Å²) in [7, 11) is 0. The third kappa shape index (κ3) is 1.93. The summed E-state index contributed by atoms with van der Waals surface area (Å²) in [6.45, 7) is 2.03. The molecule has 0 aliphatic heterocycles. The lowest BCUT2D eigenvalue weighted by atomic mass is 9.68. The van der Waals surface area contributed by atoms with Crippen LogP contribution in [-0.2, 0) is 0 Å². The largest absolute Gasteiger partial charge is 0.387 e. The number of rotatable bonds is 2. The number of hydrogen-bond donors (Lipinski definition) is 1. The molecule has 4 atom stereocenters. The molecule has 4 unspecified atom stereocenters.